The highest BCUT2D eigenvalue weighted by Crippen LogP contribution is 2.28. The number of aliphatic hydroxyl groups excluding tert-OH is 1. The third-order valence-electron chi connectivity index (χ3n) is 2.29. The second-order valence-corrected chi connectivity index (χ2v) is 5.62. The van der Waals surface area contributed by atoms with Gasteiger partial charge in [-0.05, 0) is 40.9 Å². The van der Waals surface area contributed by atoms with Crippen LogP contribution in [0.3, 0.4) is 0 Å². The Balaban J connectivity index is 2.40. The molecule has 0 fully saturated rings. The monoisotopic (exact) mass is 300 g/mol. The fourth-order valence-electron chi connectivity index (χ4n) is 1.28. The molecule has 0 aliphatic carbocycles. The Morgan fingerprint density at radius 1 is 1.50 bits per heavy atom. The molecule has 1 unspecified atom stereocenters. The summed E-state index contributed by atoms with van der Waals surface area (Å²) in [5.74, 6) is 0.710. The van der Waals surface area contributed by atoms with Gasteiger partial charge in [0.2, 0.25) is 0 Å². The van der Waals surface area contributed by atoms with Crippen LogP contribution in [0.15, 0.2) is 45.8 Å². The van der Waals surface area contributed by atoms with Gasteiger partial charge in [-0.2, -0.15) is 0 Å². The zero-order chi connectivity index (χ0) is 12.0. The first-order chi connectivity index (χ1) is 7.63. The van der Waals surface area contributed by atoms with Crippen molar-refractivity contribution >= 4 is 27.7 Å². The van der Waals surface area contributed by atoms with Gasteiger partial charge in [-0.3, -0.25) is 0 Å². The molecule has 0 saturated heterocycles. The normalized spacial score (nSPS) is 12.4. The molecule has 0 aliphatic heterocycles. The Hall–Kier alpha value is -0.250. The van der Waals surface area contributed by atoms with Crippen molar-refractivity contribution in [3.8, 4) is 0 Å². The lowest BCUT2D eigenvalue weighted by atomic mass is 10.1. The van der Waals surface area contributed by atoms with Gasteiger partial charge in [-0.1, -0.05) is 31.2 Å². The Labute approximate surface area is 110 Å². The number of thioether (sulfide) groups is 1. The van der Waals surface area contributed by atoms with Gasteiger partial charge < -0.3 is 5.11 Å². The lowest BCUT2D eigenvalue weighted by molar-refractivity contribution is 0.199. The van der Waals surface area contributed by atoms with Crippen LogP contribution < -0.4 is 0 Å². The number of aliphatic hydroxyl groups is 1. The molecular formula is C13H17BrOS. The largest absolute Gasteiger partial charge is 0.392 e. The van der Waals surface area contributed by atoms with Crippen molar-refractivity contribution < 1.29 is 5.11 Å². The van der Waals surface area contributed by atoms with Gasteiger partial charge in [0.15, 0.2) is 0 Å². The minimum Gasteiger partial charge on any atom is -0.392 e. The Morgan fingerprint density at radius 2 is 2.19 bits per heavy atom. The molecule has 0 bridgehead atoms. The molecule has 1 atom stereocenters. The maximum Gasteiger partial charge on any atom is 0.0671 e. The molecule has 0 aromatic heterocycles. The van der Waals surface area contributed by atoms with Crippen LogP contribution in [-0.4, -0.2) is 17.0 Å². The Kier molecular flexibility index (Phi) is 6.17. The summed E-state index contributed by atoms with van der Waals surface area (Å²) in [4.78, 5) is 1.17. The van der Waals surface area contributed by atoms with Crippen LogP contribution in [0, 0.1) is 0 Å². The summed E-state index contributed by atoms with van der Waals surface area (Å²) in [5.41, 5.74) is 1.11. The second-order valence-electron chi connectivity index (χ2n) is 3.70. The zero-order valence-electron chi connectivity index (χ0n) is 9.45. The molecule has 0 amide bonds. The van der Waals surface area contributed by atoms with Gasteiger partial charge in [0.1, 0.15) is 0 Å². The predicted molar refractivity (Wildman–Crippen MR) is 74.9 cm³/mol. The van der Waals surface area contributed by atoms with Crippen molar-refractivity contribution in [2.24, 2.45) is 0 Å². The first-order valence-corrected chi connectivity index (χ1v) is 7.13. The van der Waals surface area contributed by atoms with E-state index in [1.807, 2.05) is 18.2 Å². The maximum atomic E-state index is 9.81. The summed E-state index contributed by atoms with van der Waals surface area (Å²) in [6.07, 6.45) is 1.34. The second kappa shape index (κ2) is 7.15. The number of halogens is 1. The molecule has 0 spiro atoms. The lowest BCUT2D eigenvalue weighted by Crippen LogP contribution is -2.10. The van der Waals surface area contributed by atoms with Crippen LogP contribution in [-0.2, 0) is 0 Å². The topological polar surface area (TPSA) is 20.2 Å². The summed E-state index contributed by atoms with van der Waals surface area (Å²) < 4.78 is 1.08. The average molecular weight is 301 g/mol. The minimum atomic E-state index is -0.301. The fraction of sp³-hybridized carbons (Fsp3) is 0.385. The zero-order valence-corrected chi connectivity index (χ0v) is 11.9. The van der Waals surface area contributed by atoms with Crippen LogP contribution in [0.4, 0.5) is 0 Å². The van der Waals surface area contributed by atoms with Gasteiger partial charge in [-0.25, -0.2) is 0 Å². The molecule has 1 aromatic carbocycles. The van der Waals surface area contributed by atoms with Gasteiger partial charge in [0, 0.05) is 15.1 Å². The average Bonchev–Trinajstić information content (AvgIpc) is 2.28. The molecule has 1 N–H and O–H groups in total. The summed E-state index contributed by atoms with van der Waals surface area (Å²) in [6.45, 7) is 5.97. The van der Waals surface area contributed by atoms with Crippen LogP contribution in [0.5, 0.6) is 0 Å². The van der Waals surface area contributed by atoms with Gasteiger partial charge in [0.25, 0.3) is 0 Å². The van der Waals surface area contributed by atoms with Crippen molar-refractivity contribution in [1.29, 1.82) is 0 Å². The van der Waals surface area contributed by atoms with E-state index in [0.717, 1.165) is 16.5 Å². The van der Waals surface area contributed by atoms with Crippen molar-refractivity contribution in [2.45, 2.75) is 30.8 Å². The predicted octanol–water partition coefficient (Wildman–Crippen LogP) is 4.26. The SMILES string of the molecule is C=C(CC)CC(O)CSc1ccccc1Br. The van der Waals surface area contributed by atoms with E-state index in [9.17, 15) is 5.11 Å². The van der Waals surface area contributed by atoms with Crippen molar-refractivity contribution in [2.75, 3.05) is 5.75 Å². The molecule has 3 heteroatoms. The van der Waals surface area contributed by atoms with E-state index in [-0.39, 0.29) is 6.10 Å². The number of rotatable bonds is 6. The lowest BCUT2D eigenvalue weighted by Gasteiger charge is -2.11. The number of hydrogen-bond donors (Lipinski definition) is 1. The third kappa shape index (κ3) is 4.73. The maximum absolute atomic E-state index is 9.81. The highest BCUT2D eigenvalue weighted by Gasteiger charge is 2.07. The first-order valence-electron chi connectivity index (χ1n) is 5.35. The van der Waals surface area contributed by atoms with Gasteiger partial charge >= 0.3 is 0 Å². The van der Waals surface area contributed by atoms with Gasteiger partial charge in [0.05, 0.1) is 6.10 Å². The van der Waals surface area contributed by atoms with E-state index in [1.54, 1.807) is 11.8 Å². The Bertz CT molecular complexity index is 352. The molecule has 1 aromatic rings. The molecule has 88 valence electrons. The number of benzene rings is 1. The standard InChI is InChI=1S/C13H17BrOS/c1-3-10(2)8-11(15)9-16-13-7-5-4-6-12(13)14/h4-7,11,15H,2-3,8-9H2,1H3. The van der Waals surface area contributed by atoms with Crippen LogP contribution in [0.25, 0.3) is 0 Å². The smallest absolute Gasteiger partial charge is 0.0671 e. The summed E-state index contributed by atoms with van der Waals surface area (Å²) in [6, 6.07) is 8.06. The van der Waals surface area contributed by atoms with E-state index >= 15 is 0 Å². The summed E-state index contributed by atoms with van der Waals surface area (Å²) >= 11 is 5.16. The van der Waals surface area contributed by atoms with Gasteiger partial charge in [-0.15, -0.1) is 11.8 Å². The summed E-state index contributed by atoms with van der Waals surface area (Å²) in [7, 11) is 0. The quantitative estimate of drug-likeness (QED) is 0.626. The van der Waals surface area contributed by atoms with Crippen molar-refractivity contribution in [1.82, 2.24) is 0 Å². The molecule has 1 rings (SSSR count). The van der Waals surface area contributed by atoms with E-state index in [1.165, 1.54) is 4.90 Å². The number of hydrogen-bond acceptors (Lipinski definition) is 2. The van der Waals surface area contributed by atoms with Crippen LogP contribution >= 0.6 is 27.7 Å². The van der Waals surface area contributed by atoms with E-state index < -0.39 is 0 Å². The molecule has 16 heavy (non-hydrogen) atoms. The molecule has 0 radical (unpaired) electrons. The van der Waals surface area contributed by atoms with E-state index in [4.69, 9.17) is 0 Å². The molecule has 0 heterocycles. The van der Waals surface area contributed by atoms with Crippen LogP contribution in [0.2, 0.25) is 0 Å². The van der Waals surface area contributed by atoms with Crippen molar-refractivity contribution in [3.05, 3.63) is 40.9 Å². The highest BCUT2D eigenvalue weighted by atomic mass is 79.9. The molecule has 0 aliphatic rings. The molecule has 1 nitrogen and oxygen atoms in total. The molecule has 0 saturated carbocycles. The highest BCUT2D eigenvalue weighted by molar-refractivity contribution is 9.10. The minimum absolute atomic E-state index is 0.301. The third-order valence-corrected chi connectivity index (χ3v) is 4.46. The van der Waals surface area contributed by atoms with Crippen LogP contribution in [0.1, 0.15) is 19.8 Å². The summed E-state index contributed by atoms with van der Waals surface area (Å²) in [5, 5.41) is 9.81. The first kappa shape index (κ1) is 13.8. The fourth-order valence-corrected chi connectivity index (χ4v) is 2.78. The van der Waals surface area contributed by atoms with E-state index in [2.05, 4.69) is 35.5 Å². The van der Waals surface area contributed by atoms with Crippen molar-refractivity contribution in [3.63, 3.8) is 0 Å². The Morgan fingerprint density at radius 3 is 2.81 bits per heavy atom. The molecular weight excluding hydrogens is 284 g/mol. The van der Waals surface area contributed by atoms with E-state index in [0.29, 0.717) is 12.2 Å².